The van der Waals surface area contributed by atoms with Gasteiger partial charge in [-0.25, -0.2) is 4.63 Å². The summed E-state index contributed by atoms with van der Waals surface area (Å²) in [6.45, 7) is 0. The van der Waals surface area contributed by atoms with Crippen molar-refractivity contribution in [2.45, 2.75) is 0 Å². The van der Waals surface area contributed by atoms with Crippen LogP contribution in [0.5, 0.6) is 5.75 Å². The number of nitrogens with zero attached hydrogens (tertiary/aromatic N) is 4. The maximum Gasteiger partial charge on any atom is 0.199 e. The number of aromatic hydroxyl groups is 1. The lowest BCUT2D eigenvalue weighted by molar-refractivity contribution is 0.308. The van der Waals surface area contributed by atoms with Gasteiger partial charge in [-0.15, -0.1) is 5.10 Å². The Morgan fingerprint density at radius 2 is 2.10 bits per heavy atom. The molecule has 0 saturated carbocycles. The van der Waals surface area contributed by atoms with E-state index in [2.05, 4.69) is 57.0 Å². The Morgan fingerprint density at radius 1 is 1.35 bits per heavy atom. The van der Waals surface area contributed by atoms with Gasteiger partial charge >= 0.3 is 0 Å². The molecule has 0 amide bonds. The van der Waals surface area contributed by atoms with Crippen LogP contribution < -0.4 is 11.5 Å². The maximum atomic E-state index is 9.82. The minimum atomic E-state index is -0.0476. The van der Waals surface area contributed by atoms with Crippen LogP contribution in [0.4, 0.5) is 5.82 Å². The van der Waals surface area contributed by atoms with Gasteiger partial charge in [0.1, 0.15) is 5.75 Å². The second-order valence-electron chi connectivity index (χ2n) is 3.55. The molecule has 2 aromatic rings. The van der Waals surface area contributed by atoms with Gasteiger partial charge in [-0.1, -0.05) is 15.9 Å². The molecule has 1 aromatic carbocycles. The summed E-state index contributed by atoms with van der Waals surface area (Å²) in [5.41, 5.74) is 11.6. The molecule has 1 heterocycles. The Hall–Kier alpha value is -1.94. The van der Waals surface area contributed by atoms with E-state index in [4.69, 9.17) is 11.5 Å². The second kappa shape index (κ2) is 6.01. The third-order valence-corrected chi connectivity index (χ3v) is 3.24. The number of amidine groups is 1. The van der Waals surface area contributed by atoms with E-state index < -0.39 is 0 Å². The summed E-state index contributed by atoms with van der Waals surface area (Å²) in [5.74, 6) is 0.0105. The Labute approximate surface area is 129 Å². The fraction of sp³-hybridized carbons (Fsp3) is 0. The molecule has 8 nitrogen and oxygen atoms in total. The number of aromatic nitrogens is 2. The number of phenols is 1. The first-order chi connectivity index (χ1) is 9.49. The van der Waals surface area contributed by atoms with Crippen LogP contribution in [0.2, 0.25) is 0 Å². The number of hydrogen-bond acceptors (Lipinski definition) is 7. The van der Waals surface area contributed by atoms with Crippen molar-refractivity contribution in [2.75, 3.05) is 5.73 Å². The fourth-order valence-corrected chi connectivity index (χ4v) is 2.52. The first kappa shape index (κ1) is 14.5. The van der Waals surface area contributed by atoms with Crippen molar-refractivity contribution in [3.8, 4) is 5.75 Å². The molecule has 0 fully saturated rings. The first-order valence-corrected chi connectivity index (χ1v) is 6.70. The Balaban J connectivity index is 2.25. The molecule has 0 saturated heterocycles. The first-order valence-electron chi connectivity index (χ1n) is 5.12. The minimum absolute atomic E-state index is 0.0227. The maximum absolute atomic E-state index is 9.82. The van der Waals surface area contributed by atoms with E-state index in [1.807, 2.05) is 0 Å². The molecule has 0 aliphatic carbocycles. The van der Waals surface area contributed by atoms with Gasteiger partial charge < -0.3 is 16.6 Å². The molecular weight excluding hydrogens is 396 g/mol. The number of halogens is 2. The van der Waals surface area contributed by atoms with Gasteiger partial charge in [0, 0.05) is 10.0 Å². The molecule has 104 valence electrons. The highest BCUT2D eigenvalue weighted by Crippen LogP contribution is 2.30. The number of benzene rings is 1. The number of anilines is 1. The molecule has 0 unspecified atom stereocenters. The van der Waals surface area contributed by atoms with Crippen LogP contribution in [0.15, 0.2) is 35.9 Å². The van der Waals surface area contributed by atoms with E-state index in [1.165, 1.54) is 6.21 Å². The number of rotatable bonds is 3. The van der Waals surface area contributed by atoms with E-state index in [1.54, 1.807) is 12.1 Å². The van der Waals surface area contributed by atoms with Crippen molar-refractivity contribution >= 4 is 49.7 Å². The van der Waals surface area contributed by atoms with Gasteiger partial charge in [0.25, 0.3) is 0 Å². The zero-order valence-corrected chi connectivity index (χ0v) is 13.0. The molecule has 0 spiro atoms. The lowest BCUT2D eigenvalue weighted by Crippen LogP contribution is -2.15. The summed E-state index contributed by atoms with van der Waals surface area (Å²) in [7, 11) is 0. The summed E-state index contributed by atoms with van der Waals surface area (Å²) in [5, 5.41) is 24.1. The van der Waals surface area contributed by atoms with Crippen LogP contribution in [-0.4, -0.2) is 27.5 Å². The van der Waals surface area contributed by atoms with Gasteiger partial charge in [-0.05, 0) is 38.4 Å². The van der Waals surface area contributed by atoms with Crippen LogP contribution in [0, 0.1) is 0 Å². The van der Waals surface area contributed by atoms with Crippen LogP contribution in [0.3, 0.4) is 0 Å². The van der Waals surface area contributed by atoms with E-state index in [0.717, 1.165) is 4.47 Å². The number of nitrogen functional groups attached to an aromatic ring is 1. The lowest BCUT2D eigenvalue weighted by atomic mass is 10.2. The summed E-state index contributed by atoms with van der Waals surface area (Å²) in [6.07, 6.45) is 1.33. The van der Waals surface area contributed by atoms with Crippen LogP contribution in [-0.2, 0) is 0 Å². The molecular formula is C10H8Br2N6O2. The van der Waals surface area contributed by atoms with Crippen molar-refractivity contribution in [1.82, 2.24) is 10.3 Å². The van der Waals surface area contributed by atoms with Crippen molar-refractivity contribution in [2.24, 2.45) is 15.9 Å². The second-order valence-corrected chi connectivity index (χ2v) is 5.32. The van der Waals surface area contributed by atoms with Crippen molar-refractivity contribution in [3.63, 3.8) is 0 Å². The van der Waals surface area contributed by atoms with E-state index in [-0.39, 0.29) is 23.1 Å². The minimum Gasteiger partial charge on any atom is -0.506 e. The van der Waals surface area contributed by atoms with Crippen molar-refractivity contribution < 1.29 is 9.74 Å². The van der Waals surface area contributed by atoms with Crippen molar-refractivity contribution in [1.29, 1.82) is 0 Å². The average molecular weight is 404 g/mol. The molecule has 20 heavy (non-hydrogen) atoms. The molecule has 0 radical (unpaired) electrons. The van der Waals surface area contributed by atoms with Crippen molar-refractivity contribution in [3.05, 3.63) is 32.3 Å². The number of phenolic OH excluding ortho intramolecular Hbond substituents is 1. The monoisotopic (exact) mass is 402 g/mol. The topological polar surface area (TPSA) is 136 Å². The highest BCUT2D eigenvalue weighted by atomic mass is 79.9. The van der Waals surface area contributed by atoms with Gasteiger partial charge in [0.05, 0.1) is 10.7 Å². The zero-order chi connectivity index (χ0) is 14.7. The highest BCUT2D eigenvalue weighted by Gasteiger charge is 2.10. The summed E-state index contributed by atoms with van der Waals surface area (Å²) in [6, 6.07) is 3.37. The molecule has 5 N–H and O–H groups in total. The smallest absolute Gasteiger partial charge is 0.199 e. The van der Waals surface area contributed by atoms with Gasteiger partial charge in [-0.3, -0.25) is 0 Å². The number of hydrogen-bond donors (Lipinski definition) is 3. The van der Waals surface area contributed by atoms with Crippen LogP contribution >= 0.6 is 31.9 Å². The van der Waals surface area contributed by atoms with E-state index in [9.17, 15) is 5.11 Å². The Kier molecular flexibility index (Phi) is 4.35. The summed E-state index contributed by atoms with van der Waals surface area (Å²) >= 11 is 6.51. The van der Waals surface area contributed by atoms with E-state index >= 15 is 0 Å². The quantitative estimate of drug-likeness (QED) is 0.404. The highest BCUT2D eigenvalue weighted by molar-refractivity contribution is 9.11. The van der Waals surface area contributed by atoms with Gasteiger partial charge in [0.15, 0.2) is 17.3 Å². The van der Waals surface area contributed by atoms with Gasteiger partial charge in [-0.2, -0.15) is 5.10 Å². The van der Waals surface area contributed by atoms with E-state index in [0.29, 0.717) is 10.0 Å². The van der Waals surface area contributed by atoms with Crippen LogP contribution in [0.1, 0.15) is 11.3 Å². The normalized spacial score (nSPS) is 12.2. The predicted molar refractivity (Wildman–Crippen MR) is 80.5 cm³/mol. The third-order valence-electron chi connectivity index (χ3n) is 2.18. The molecule has 10 heteroatoms. The fourth-order valence-electron chi connectivity index (χ4n) is 1.26. The molecule has 0 bridgehead atoms. The Morgan fingerprint density at radius 3 is 2.75 bits per heavy atom. The molecule has 2 rings (SSSR count). The standard InChI is InChI=1S/C10H8Br2N6O2/c11-5-1-4(8(19)6(12)2-5)3-15-16-9(13)7-10(14)18-20-17-7/h1-3,19H,(H2,13,16)(H2,14,18)/b15-3-. The third kappa shape index (κ3) is 3.14. The van der Waals surface area contributed by atoms with Gasteiger partial charge in [0.2, 0.25) is 0 Å². The average Bonchev–Trinajstić information content (AvgIpc) is 2.81. The Bertz CT molecular complexity index is 697. The number of nitrogens with two attached hydrogens (primary N) is 2. The molecule has 0 aliphatic heterocycles. The summed E-state index contributed by atoms with van der Waals surface area (Å²) in [4.78, 5) is 0. The lowest BCUT2D eigenvalue weighted by Gasteiger charge is -2.01. The molecule has 0 aliphatic rings. The molecule has 0 atom stereocenters. The largest absolute Gasteiger partial charge is 0.506 e. The zero-order valence-electron chi connectivity index (χ0n) is 9.79. The SMILES string of the molecule is NC(=N/N=C\c1cc(Br)cc(Br)c1O)c1nonc1N. The van der Waals surface area contributed by atoms with Crippen LogP contribution in [0.25, 0.3) is 0 Å². The predicted octanol–water partition coefficient (Wildman–Crippen LogP) is 1.62. The molecule has 1 aromatic heterocycles. The summed E-state index contributed by atoms with van der Waals surface area (Å²) < 4.78 is 5.68.